The molecule has 0 saturated carbocycles. The molecule has 1 aliphatic heterocycles. The molecule has 1 aliphatic rings. The zero-order valence-electron chi connectivity index (χ0n) is 12.1. The second-order valence-corrected chi connectivity index (χ2v) is 6.50. The van der Waals surface area contributed by atoms with E-state index in [0.29, 0.717) is 11.3 Å². The molecule has 0 aromatic heterocycles. The van der Waals surface area contributed by atoms with Gasteiger partial charge in [0, 0.05) is 15.7 Å². The van der Waals surface area contributed by atoms with E-state index in [4.69, 9.17) is 16.3 Å². The van der Waals surface area contributed by atoms with Gasteiger partial charge in [-0.2, -0.15) is 13.2 Å². The first kappa shape index (κ1) is 16.3. The van der Waals surface area contributed by atoms with Gasteiger partial charge >= 0.3 is 6.18 Å². The van der Waals surface area contributed by atoms with Crippen LogP contribution in [0.1, 0.15) is 16.7 Å². The highest BCUT2D eigenvalue weighted by Gasteiger charge is 2.34. The van der Waals surface area contributed by atoms with E-state index in [-0.39, 0.29) is 10.6 Å². The zero-order chi connectivity index (χ0) is 16.6. The second-order valence-electron chi connectivity index (χ2n) is 5.05. The van der Waals surface area contributed by atoms with Crippen molar-refractivity contribution in [2.24, 2.45) is 0 Å². The van der Waals surface area contributed by atoms with Crippen molar-refractivity contribution in [3.8, 4) is 5.75 Å². The van der Waals surface area contributed by atoms with Crippen molar-refractivity contribution < 1.29 is 17.9 Å². The Balaban J connectivity index is 2.08. The van der Waals surface area contributed by atoms with Crippen LogP contribution < -0.4 is 4.74 Å². The standard InChI is InChI=1S/C17H12ClF3OS/c1-22-13-4-2-10-6-11(9-23-16(10)8-13)14-5-3-12(18)7-15(14)17(19,20)21/h2-8H,9H2,1H3. The Morgan fingerprint density at radius 1 is 1.13 bits per heavy atom. The van der Waals surface area contributed by atoms with Gasteiger partial charge in [-0.15, -0.1) is 11.8 Å². The molecule has 3 rings (SSSR count). The lowest BCUT2D eigenvalue weighted by molar-refractivity contribution is -0.137. The summed E-state index contributed by atoms with van der Waals surface area (Å²) in [6.45, 7) is 0. The number of ether oxygens (including phenoxy) is 1. The highest BCUT2D eigenvalue weighted by molar-refractivity contribution is 7.99. The van der Waals surface area contributed by atoms with Crippen molar-refractivity contribution in [2.75, 3.05) is 12.9 Å². The van der Waals surface area contributed by atoms with Gasteiger partial charge in [0.15, 0.2) is 0 Å². The zero-order valence-corrected chi connectivity index (χ0v) is 13.6. The predicted molar refractivity (Wildman–Crippen MR) is 88.0 cm³/mol. The summed E-state index contributed by atoms with van der Waals surface area (Å²) in [6, 6.07) is 9.44. The SMILES string of the molecule is COc1ccc2c(c1)SCC(c1ccc(Cl)cc1C(F)(F)F)=C2. The molecule has 0 unspecified atom stereocenters. The first-order chi connectivity index (χ1) is 10.9. The predicted octanol–water partition coefficient (Wildman–Crippen LogP) is 6.01. The molecular weight excluding hydrogens is 345 g/mol. The lowest BCUT2D eigenvalue weighted by atomic mass is 9.98. The van der Waals surface area contributed by atoms with Gasteiger partial charge in [0.25, 0.3) is 0 Å². The van der Waals surface area contributed by atoms with E-state index in [2.05, 4.69) is 0 Å². The molecule has 2 aromatic carbocycles. The Labute approximate surface area is 141 Å². The van der Waals surface area contributed by atoms with Crippen LogP contribution in [0.15, 0.2) is 41.3 Å². The van der Waals surface area contributed by atoms with Crippen molar-refractivity contribution >= 4 is 35.0 Å². The first-order valence-electron chi connectivity index (χ1n) is 6.77. The number of rotatable bonds is 2. The summed E-state index contributed by atoms with van der Waals surface area (Å²) >= 11 is 7.23. The molecule has 0 saturated heterocycles. The van der Waals surface area contributed by atoms with Crippen molar-refractivity contribution in [3.63, 3.8) is 0 Å². The number of alkyl halides is 3. The number of halogens is 4. The largest absolute Gasteiger partial charge is 0.497 e. The molecule has 0 fully saturated rings. The van der Waals surface area contributed by atoms with Gasteiger partial charge < -0.3 is 4.74 Å². The maximum Gasteiger partial charge on any atom is 0.417 e. The van der Waals surface area contributed by atoms with E-state index < -0.39 is 11.7 Å². The van der Waals surface area contributed by atoms with E-state index in [9.17, 15) is 13.2 Å². The van der Waals surface area contributed by atoms with Crippen molar-refractivity contribution in [1.82, 2.24) is 0 Å². The minimum atomic E-state index is -4.44. The van der Waals surface area contributed by atoms with Crippen molar-refractivity contribution in [1.29, 1.82) is 0 Å². The topological polar surface area (TPSA) is 9.23 Å². The average Bonchev–Trinajstić information content (AvgIpc) is 2.53. The normalized spacial score (nSPS) is 14.2. The first-order valence-corrected chi connectivity index (χ1v) is 8.13. The Hall–Kier alpha value is -1.59. The number of thioether (sulfide) groups is 1. The Morgan fingerprint density at radius 2 is 1.91 bits per heavy atom. The number of methoxy groups -OCH3 is 1. The molecular formula is C17H12ClF3OS. The molecule has 0 radical (unpaired) electrons. The van der Waals surface area contributed by atoms with E-state index >= 15 is 0 Å². The third-order valence-corrected chi connectivity index (χ3v) is 4.92. The minimum Gasteiger partial charge on any atom is -0.497 e. The second kappa shape index (κ2) is 6.13. The molecule has 0 atom stereocenters. The van der Waals surface area contributed by atoms with Crippen LogP contribution in [0.25, 0.3) is 11.6 Å². The lowest BCUT2D eigenvalue weighted by Crippen LogP contribution is -2.10. The van der Waals surface area contributed by atoms with Crippen LogP contribution in [-0.2, 0) is 6.18 Å². The lowest BCUT2D eigenvalue weighted by Gasteiger charge is -2.20. The van der Waals surface area contributed by atoms with Crippen LogP contribution in [0.2, 0.25) is 5.02 Å². The number of benzene rings is 2. The molecule has 1 nitrogen and oxygen atoms in total. The van der Waals surface area contributed by atoms with E-state index in [1.165, 1.54) is 23.9 Å². The monoisotopic (exact) mass is 356 g/mol. The fourth-order valence-corrected chi connectivity index (χ4v) is 3.67. The molecule has 1 heterocycles. The summed E-state index contributed by atoms with van der Waals surface area (Å²) in [7, 11) is 1.58. The number of hydrogen-bond acceptors (Lipinski definition) is 2. The molecule has 0 bridgehead atoms. The molecule has 120 valence electrons. The third-order valence-electron chi connectivity index (χ3n) is 3.57. The molecule has 0 amide bonds. The maximum absolute atomic E-state index is 13.3. The van der Waals surface area contributed by atoms with E-state index in [0.717, 1.165) is 22.3 Å². The number of fused-ring (bicyclic) bond motifs is 1. The van der Waals surface area contributed by atoms with E-state index in [1.54, 1.807) is 19.3 Å². The van der Waals surface area contributed by atoms with Gasteiger partial charge in [0.2, 0.25) is 0 Å². The van der Waals surface area contributed by atoms with Crippen LogP contribution in [0, 0.1) is 0 Å². The Morgan fingerprint density at radius 3 is 2.61 bits per heavy atom. The van der Waals surface area contributed by atoms with Gasteiger partial charge in [-0.1, -0.05) is 23.7 Å². The van der Waals surface area contributed by atoms with Crippen molar-refractivity contribution in [3.05, 3.63) is 58.1 Å². The number of hydrogen-bond donors (Lipinski definition) is 0. The van der Waals surface area contributed by atoms with Crippen LogP contribution in [-0.4, -0.2) is 12.9 Å². The van der Waals surface area contributed by atoms with E-state index in [1.807, 2.05) is 12.1 Å². The Bertz CT molecular complexity index is 784. The van der Waals surface area contributed by atoms with Crippen molar-refractivity contribution in [2.45, 2.75) is 11.1 Å². The summed E-state index contributed by atoms with van der Waals surface area (Å²) in [5.74, 6) is 1.20. The Kier molecular flexibility index (Phi) is 4.34. The van der Waals surface area contributed by atoms with Crippen LogP contribution >= 0.6 is 23.4 Å². The fraction of sp³-hybridized carbons (Fsp3) is 0.176. The molecule has 0 aliphatic carbocycles. The highest BCUT2D eigenvalue weighted by Crippen LogP contribution is 2.42. The quantitative estimate of drug-likeness (QED) is 0.651. The summed E-state index contributed by atoms with van der Waals surface area (Å²) in [5.41, 5.74) is 1.00. The molecule has 0 spiro atoms. The molecule has 0 N–H and O–H groups in total. The van der Waals surface area contributed by atoms with Gasteiger partial charge in [-0.05, 0) is 47.0 Å². The minimum absolute atomic E-state index is 0.0790. The van der Waals surface area contributed by atoms with Gasteiger partial charge in [0.1, 0.15) is 5.75 Å². The summed E-state index contributed by atoms with van der Waals surface area (Å²) in [6.07, 6.45) is -2.64. The van der Waals surface area contributed by atoms with Crippen LogP contribution in [0.4, 0.5) is 13.2 Å². The smallest absolute Gasteiger partial charge is 0.417 e. The van der Waals surface area contributed by atoms with Crippen LogP contribution in [0.5, 0.6) is 5.75 Å². The summed E-state index contributed by atoms with van der Waals surface area (Å²) in [5, 5.41) is 0.0790. The molecule has 6 heteroatoms. The third kappa shape index (κ3) is 3.35. The molecule has 2 aromatic rings. The van der Waals surface area contributed by atoms with Crippen LogP contribution in [0.3, 0.4) is 0 Å². The fourth-order valence-electron chi connectivity index (χ4n) is 2.46. The highest BCUT2D eigenvalue weighted by atomic mass is 35.5. The average molecular weight is 357 g/mol. The van der Waals surface area contributed by atoms with Gasteiger partial charge in [-0.3, -0.25) is 0 Å². The van der Waals surface area contributed by atoms with Gasteiger partial charge in [0.05, 0.1) is 12.7 Å². The van der Waals surface area contributed by atoms with Gasteiger partial charge in [-0.25, -0.2) is 0 Å². The maximum atomic E-state index is 13.3. The summed E-state index contributed by atoms with van der Waals surface area (Å²) < 4.78 is 45.0. The molecule has 23 heavy (non-hydrogen) atoms. The summed E-state index contributed by atoms with van der Waals surface area (Å²) in [4.78, 5) is 0.996.